The Morgan fingerprint density at radius 2 is 1.83 bits per heavy atom. The van der Waals surface area contributed by atoms with Crippen molar-refractivity contribution >= 4 is 17.7 Å². The maximum Gasteiger partial charge on any atom is 0.412 e. The SMILES string of the molecule is COc1ccc(CCC(=O)O)cc1NC(=O)OCc1ccccc1. The van der Waals surface area contributed by atoms with E-state index in [1.165, 1.54) is 7.11 Å². The van der Waals surface area contributed by atoms with Gasteiger partial charge in [-0.25, -0.2) is 4.79 Å². The third-order valence-electron chi connectivity index (χ3n) is 3.34. The van der Waals surface area contributed by atoms with Crippen molar-refractivity contribution in [2.24, 2.45) is 0 Å². The fraction of sp³-hybridized carbons (Fsp3) is 0.222. The van der Waals surface area contributed by atoms with Crippen LogP contribution >= 0.6 is 0 Å². The highest BCUT2D eigenvalue weighted by molar-refractivity contribution is 5.87. The van der Waals surface area contributed by atoms with Gasteiger partial charge >= 0.3 is 12.1 Å². The Labute approximate surface area is 140 Å². The number of benzene rings is 2. The molecule has 0 saturated carbocycles. The van der Waals surface area contributed by atoms with Crippen molar-refractivity contribution in [3.05, 3.63) is 59.7 Å². The first kappa shape index (κ1) is 17.3. The molecule has 126 valence electrons. The van der Waals surface area contributed by atoms with E-state index >= 15 is 0 Å². The summed E-state index contributed by atoms with van der Waals surface area (Å²) in [6, 6.07) is 14.5. The molecule has 0 aromatic heterocycles. The Morgan fingerprint density at radius 3 is 2.50 bits per heavy atom. The average Bonchev–Trinajstić information content (AvgIpc) is 2.59. The predicted octanol–water partition coefficient (Wildman–Crippen LogP) is 3.46. The molecule has 0 radical (unpaired) electrons. The summed E-state index contributed by atoms with van der Waals surface area (Å²) in [5.41, 5.74) is 2.12. The number of carboxylic acids is 1. The zero-order chi connectivity index (χ0) is 17.4. The molecule has 2 aromatic carbocycles. The summed E-state index contributed by atoms with van der Waals surface area (Å²) in [6.45, 7) is 0.160. The highest BCUT2D eigenvalue weighted by atomic mass is 16.5. The van der Waals surface area contributed by atoms with Crippen LogP contribution < -0.4 is 10.1 Å². The lowest BCUT2D eigenvalue weighted by Crippen LogP contribution is -2.14. The number of hydrogen-bond donors (Lipinski definition) is 2. The van der Waals surface area contributed by atoms with E-state index in [0.717, 1.165) is 11.1 Å². The number of aryl methyl sites for hydroxylation is 1. The molecule has 0 atom stereocenters. The van der Waals surface area contributed by atoms with Crippen LogP contribution in [0.1, 0.15) is 17.5 Å². The molecule has 0 unspecified atom stereocenters. The largest absolute Gasteiger partial charge is 0.495 e. The van der Waals surface area contributed by atoms with E-state index < -0.39 is 12.1 Å². The number of amides is 1. The van der Waals surface area contributed by atoms with Gasteiger partial charge in [0.25, 0.3) is 0 Å². The number of nitrogens with one attached hydrogen (secondary N) is 1. The number of carboxylic acid groups (broad SMARTS) is 1. The standard InChI is InChI=1S/C18H19NO5/c1-23-16-9-7-13(8-10-17(20)21)11-15(16)19-18(22)24-12-14-5-3-2-4-6-14/h2-7,9,11H,8,10,12H2,1H3,(H,19,22)(H,20,21). The van der Waals surface area contributed by atoms with E-state index in [0.29, 0.717) is 17.9 Å². The van der Waals surface area contributed by atoms with E-state index in [-0.39, 0.29) is 13.0 Å². The monoisotopic (exact) mass is 329 g/mol. The summed E-state index contributed by atoms with van der Waals surface area (Å²) >= 11 is 0. The molecular formula is C18H19NO5. The molecule has 0 saturated heterocycles. The lowest BCUT2D eigenvalue weighted by molar-refractivity contribution is -0.136. The zero-order valence-corrected chi connectivity index (χ0v) is 13.3. The number of methoxy groups -OCH3 is 1. The number of carbonyl (C=O) groups excluding carboxylic acids is 1. The predicted molar refractivity (Wildman–Crippen MR) is 89.2 cm³/mol. The first-order chi connectivity index (χ1) is 11.6. The maximum absolute atomic E-state index is 11.9. The molecule has 24 heavy (non-hydrogen) atoms. The van der Waals surface area contributed by atoms with Gasteiger partial charge in [0.1, 0.15) is 12.4 Å². The molecule has 0 spiro atoms. The van der Waals surface area contributed by atoms with Crippen LogP contribution in [0.2, 0.25) is 0 Å². The van der Waals surface area contributed by atoms with Gasteiger partial charge in [-0.3, -0.25) is 10.1 Å². The normalized spacial score (nSPS) is 10.0. The van der Waals surface area contributed by atoms with Gasteiger partial charge in [0.2, 0.25) is 0 Å². The van der Waals surface area contributed by atoms with Crippen molar-refractivity contribution < 1.29 is 24.2 Å². The third kappa shape index (κ3) is 5.31. The fourth-order valence-corrected chi connectivity index (χ4v) is 2.13. The van der Waals surface area contributed by atoms with Gasteiger partial charge in [0.05, 0.1) is 12.8 Å². The summed E-state index contributed by atoms with van der Waals surface area (Å²) in [6.07, 6.45) is -0.218. The number of hydrogen-bond acceptors (Lipinski definition) is 4. The van der Waals surface area contributed by atoms with Gasteiger partial charge in [-0.2, -0.15) is 0 Å². The van der Waals surface area contributed by atoms with Crippen molar-refractivity contribution in [1.29, 1.82) is 0 Å². The number of ether oxygens (including phenoxy) is 2. The maximum atomic E-state index is 11.9. The Bertz CT molecular complexity index is 700. The molecule has 0 bridgehead atoms. The molecule has 6 nitrogen and oxygen atoms in total. The average molecular weight is 329 g/mol. The van der Waals surface area contributed by atoms with Crippen LogP contribution in [0.15, 0.2) is 48.5 Å². The van der Waals surface area contributed by atoms with Crippen LogP contribution in [0.25, 0.3) is 0 Å². The third-order valence-corrected chi connectivity index (χ3v) is 3.34. The number of carbonyl (C=O) groups is 2. The summed E-state index contributed by atoms with van der Waals surface area (Å²) in [4.78, 5) is 22.6. The van der Waals surface area contributed by atoms with Crippen LogP contribution in [-0.2, 0) is 22.6 Å². The molecule has 1 amide bonds. The van der Waals surface area contributed by atoms with E-state index in [1.54, 1.807) is 18.2 Å². The molecular weight excluding hydrogens is 310 g/mol. The van der Waals surface area contributed by atoms with E-state index in [2.05, 4.69) is 5.32 Å². The van der Waals surface area contributed by atoms with Gasteiger partial charge in [-0.1, -0.05) is 36.4 Å². The molecule has 0 aliphatic rings. The van der Waals surface area contributed by atoms with Crippen molar-refractivity contribution in [3.63, 3.8) is 0 Å². The highest BCUT2D eigenvalue weighted by Crippen LogP contribution is 2.26. The molecule has 0 fully saturated rings. The Kier molecular flexibility index (Phi) is 6.19. The molecule has 2 N–H and O–H groups in total. The van der Waals surface area contributed by atoms with Crippen LogP contribution in [0, 0.1) is 0 Å². The van der Waals surface area contributed by atoms with Gasteiger partial charge in [-0.15, -0.1) is 0 Å². The molecule has 0 aliphatic carbocycles. The van der Waals surface area contributed by atoms with Crippen LogP contribution in [-0.4, -0.2) is 24.3 Å². The highest BCUT2D eigenvalue weighted by Gasteiger charge is 2.10. The zero-order valence-electron chi connectivity index (χ0n) is 13.3. The minimum Gasteiger partial charge on any atom is -0.495 e. The first-order valence-corrected chi connectivity index (χ1v) is 7.45. The molecule has 6 heteroatoms. The van der Waals surface area contributed by atoms with Crippen molar-refractivity contribution in [3.8, 4) is 5.75 Å². The lowest BCUT2D eigenvalue weighted by Gasteiger charge is -2.12. The van der Waals surface area contributed by atoms with Crippen LogP contribution in [0.5, 0.6) is 5.75 Å². The lowest BCUT2D eigenvalue weighted by atomic mass is 10.1. The Hall–Kier alpha value is -3.02. The van der Waals surface area contributed by atoms with E-state index in [9.17, 15) is 9.59 Å². The topological polar surface area (TPSA) is 84.9 Å². The second kappa shape index (κ2) is 8.57. The molecule has 2 aromatic rings. The van der Waals surface area contributed by atoms with Crippen LogP contribution in [0.3, 0.4) is 0 Å². The second-order valence-corrected chi connectivity index (χ2v) is 5.12. The number of aliphatic carboxylic acids is 1. The van der Waals surface area contributed by atoms with E-state index in [1.807, 2.05) is 30.3 Å². The number of anilines is 1. The fourth-order valence-electron chi connectivity index (χ4n) is 2.13. The number of rotatable bonds is 7. The Balaban J connectivity index is 1.99. The summed E-state index contributed by atoms with van der Waals surface area (Å²) in [7, 11) is 1.49. The van der Waals surface area contributed by atoms with Gasteiger partial charge in [0, 0.05) is 6.42 Å². The summed E-state index contributed by atoms with van der Waals surface area (Å²) in [5, 5.41) is 11.4. The quantitative estimate of drug-likeness (QED) is 0.812. The van der Waals surface area contributed by atoms with E-state index in [4.69, 9.17) is 14.6 Å². The van der Waals surface area contributed by atoms with Crippen molar-refractivity contribution in [2.45, 2.75) is 19.4 Å². The van der Waals surface area contributed by atoms with Gasteiger partial charge < -0.3 is 14.6 Å². The van der Waals surface area contributed by atoms with Crippen molar-refractivity contribution in [2.75, 3.05) is 12.4 Å². The molecule has 2 rings (SSSR count). The second-order valence-electron chi connectivity index (χ2n) is 5.12. The molecule has 0 heterocycles. The van der Waals surface area contributed by atoms with Gasteiger partial charge in [0.15, 0.2) is 0 Å². The molecule has 0 aliphatic heterocycles. The minimum atomic E-state index is -0.873. The van der Waals surface area contributed by atoms with Crippen LogP contribution in [0.4, 0.5) is 10.5 Å². The van der Waals surface area contributed by atoms with Crippen molar-refractivity contribution in [1.82, 2.24) is 0 Å². The Morgan fingerprint density at radius 1 is 1.08 bits per heavy atom. The smallest absolute Gasteiger partial charge is 0.412 e. The minimum absolute atomic E-state index is 0.0181. The summed E-state index contributed by atoms with van der Waals surface area (Å²) < 4.78 is 10.4. The first-order valence-electron chi connectivity index (χ1n) is 7.45. The van der Waals surface area contributed by atoms with Gasteiger partial charge in [-0.05, 0) is 29.7 Å². The summed E-state index contributed by atoms with van der Waals surface area (Å²) in [5.74, 6) is -0.395.